The van der Waals surface area contributed by atoms with Gasteiger partial charge in [-0.05, 0) is 30.2 Å². The molecule has 1 aliphatic rings. The molecule has 0 bridgehead atoms. The van der Waals surface area contributed by atoms with Gasteiger partial charge in [-0.25, -0.2) is 4.98 Å². The van der Waals surface area contributed by atoms with E-state index in [1.54, 1.807) is 12.5 Å². The zero-order valence-electron chi connectivity index (χ0n) is 10.1. The maximum absolute atomic E-state index is 11.4. The second-order valence-electron chi connectivity index (χ2n) is 4.30. The minimum atomic E-state index is 0.0312. The molecule has 0 saturated carbocycles. The number of nitrogens with zero attached hydrogens (tertiary/aromatic N) is 2. The summed E-state index contributed by atoms with van der Waals surface area (Å²) in [5.41, 5.74) is 4.05. The van der Waals surface area contributed by atoms with Crippen LogP contribution in [0.2, 0.25) is 0 Å². The molecule has 1 N–H and O–H groups in total. The Balaban J connectivity index is 1.95. The molecular formula is C14H13N3O. The highest BCUT2D eigenvalue weighted by molar-refractivity contribution is 6.05. The molecule has 4 heteroatoms. The third-order valence-corrected chi connectivity index (χ3v) is 3.24. The molecule has 3 rings (SSSR count). The Labute approximate surface area is 105 Å². The monoisotopic (exact) mass is 239 g/mol. The SMILES string of the molecule is CC1=C(c2ccc(-n3ccnc3)cc2)CNC1=O. The van der Waals surface area contributed by atoms with E-state index in [2.05, 4.69) is 10.3 Å². The van der Waals surface area contributed by atoms with Crippen molar-refractivity contribution in [1.82, 2.24) is 14.9 Å². The molecule has 1 aromatic carbocycles. The highest BCUT2D eigenvalue weighted by atomic mass is 16.1. The predicted molar refractivity (Wildman–Crippen MR) is 69.2 cm³/mol. The van der Waals surface area contributed by atoms with Crippen LogP contribution < -0.4 is 5.32 Å². The first kappa shape index (κ1) is 10.8. The summed E-state index contributed by atoms with van der Waals surface area (Å²) >= 11 is 0. The number of nitrogens with one attached hydrogen (secondary N) is 1. The van der Waals surface area contributed by atoms with Crippen molar-refractivity contribution in [3.8, 4) is 5.69 Å². The predicted octanol–water partition coefficient (Wildman–Crippen LogP) is 1.78. The lowest BCUT2D eigenvalue weighted by molar-refractivity contribution is -0.116. The average Bonchev–Trinajstić information content (AvgIpc) is 3.02. The fourth-order valence-corrected chi connectivity index (χ4v) is 2.14. The van der Waals surface area contributed by atoms with Crippen LogP contribution in [0.3, 0.4) is 0 Å². The number of aromatic nitrogens is 2. The van der Waals surface area contributed by atoms with Gasteiger partial charge in [-0.1, -0.05) is 12.1 Å². The van der Waals surface area contributed by atoms with E-state index >= 15 is 0 Å². The van der Waals surface area contributed by atoms with Crippen LogP contribution in [0.5, 0.6) is 0 Å². The molecule has 18 heavy (non-hydrogen) atoms. The van der Waals surface area contributed by atoms with Crippen molar-refractivity contribution in [2.24, 2.45) is 0 Å². The zero-order chi connectivity index (χ0) is 12.5. The Hall–Kier alpha value is -2.36. The second-order valence-corrected chi connectivity index (χ2v) is 4.30. The van der Waals surface area contributed by atoms with E-state index in [4.69, 9.17) is 0 Å². The fraction of sp³-hybridized carbons (Fsp3) is 0.143. The first-order valence-electron chi connectivity index (χ1n) is 5.82. The van der Waals surface area contributed by atoms with Crippen molar-refractivity contribution in [2.45, 2.75) is 6.92 Å². The first-order valence-corrected chi connectivity index (χ1v) is 5.82. The Morgan fingerprint density at radius 1 is 1.28 bits per heavy atom. The van der Waals surface area contributed by atoms with Crippen LogP contribution in [0.15, 0.2) is 48.6 Å². The largest absolute Gasteiger partial charge is 0.348 e. The van der Waals surface area contributed by atoms with E-state index in [9.17, 15) is 4.79 Å². The summed E-state index contributed by atoms with van der Waals surface area (Å²) in [6.07, 6.45) is 5.42. The smallest absolute Gasteiger partial charge is 0.247 e. The molecule has 4 nitrogen and oxygen atoms in total. The number of rotatable bonds is 2. The van der Waals surface area contributed by atoms with Crippen molar-refractivity contribution < 1.29 is 4.79 Å². The van der Waals surface area contributed by atoms with Gasteiger partial charge in [0.25, 0.3) is 0 Å². The van der Waals surface area contributed by atoms with Crippen LogP contribution >= 0.6 is 0 Å². The molecular weight excluding hydrogens is 226 g/mol. The van der Waals surface area contributed by atoms with E-state index < -0.39 is 0 Å². The molecule has 0 fully saturated rings. The van der Waals surface area contributed by atoms with Gasteiger partial charge in [-0.3, -0.25) is 4.79 Å². The standard InChI is InChI=1S/C14H13N3O/c1-10-13(8-16-14(10)18)11-2-4-12(5-3-11)17-7-6-15-9-17/h2-7,9H,8H2,1H3,(H,16,18). The van der Waals surface area contributed by atoms with E-state index in [1.165, 1.54) is 0 Å². The number of benzene rings is 1. The number of carbonyl (C=O) groups is 1. The van der Waals surface area contributed by atoms with E-state index in [1.807, 2.05) is 42.0 Å². The summed E-state index contributed by atoms with van der Waals surface area (Å²) in [4.78, 5) is 15.4. The van der Waals surface area contributed by atoms with Gasteiger partial charge in [-0.2, -0.15) is 0 Å². The maximum atomic E-state index is 11.4. The van der Waals surface area contributed by atoms with Gasteiger partial charge in [0.2, 0.25) is 5.91 Å². The maximum Gasteiger partial charge on any atom is 0.247 e. The van der Waals surface area contributed by atoms with Crippen LogP contribution in [0.1, 0.15) is 12.5 Å². The molecule has 90 valence electrons. The molecule has 0 aliphatic carbocycles. The quantitative estimate of drug-likeness (QED) is 0.868. The molecule has 2 aromatic rings. The molecule has 1 amide bonds. The Kier molecular flexibility index (Phi) is 2.48. The molecule has 1 aliphatic heterocycles. The van der Waals surface area contributed by atoms with Crippen molar-refractivity contribution in [3.63, 3.8) is 0 Å². The second kappa shape index (κ2) is 4.14. The lowest BCUT2D eigenvalue weighted by Crippen LogP contribution is -2.16. The number of hydrogen-bond acceptors (Lipinski definition) is 2. The molecule has 0 spiro atoms. The molecule has 0 unspecified atom stereocenters. The highest BCUT2D eigenvalue weighted by Crippen LogP contribution is 2.23. The van der Waals surface area contributed by atoms with Crippen LogP contribution in [0.25, 0.3) is 11.3 Å². The average molecular weight is 239 g/mol. The van der Waals surface area contributed by atoms with Crippen molar-refractivity contribution in [2.75, 3.05) is 6.54 Å². The fourth-order valence-electron chi connectivity index (χ4n) is 2.14. The van der Waals surface area contributed by atoms with Gasteiger partial charge < -0.3 is 9.88 Å². The Morgan fingerprint density at radius 2 is 2.06 bits per heavy atom. The number of amides is 1. The molecule has 2 heterocycles. The van der Waals surface area contributed by atoms with Crippen molar-refractivity contribution in [1.29, 1.82) is 0 Å². The Bertz CT molecular complexity index is 609. The van der Waals surface area contributed by atoms with E-state index in [-0.39, 0.29) is 5.91 Å². The summed E-state index contributed by atoms with van der Waals surface area (Å²) in [7, 11) is 0. The van der Waals surface area contributed by atoms with Crippen molar-refractivity contribution in [3.05, 3.63) is 54.1 Å². The summed E-state index contributed by atoms with van der Waals surface area (Å²) in [6.45, 7) is 2.48. The van der Waals surface area contributed by atoms with Gasteiger partial charge >= 0.3 is 0 Å². The highest BCUT2D eigenvalue weighted by Gasteiger charge is 2.19. The number of imidazole rings is 1. The third kappa shape index (κ3) is 1.72. The number of carbonyl (C=O) groups excluding carboxylic acids is 1. The van der Waals surface area contributed by atoms with E-state index in [0.717, 1.165) is 22.4 Å². The lowest BCUT2D eigenvalue weighted by Gasteiger charge is -2.05. The zero-order valence-corrected chi connectivity index (χ0v) is 10.1. The molecule has 0 saturated heterocycles. The van der Waals surface area contributed by atoms with Crippen LogP contribution in [-0.2, 0) is 4.79 Å². The van der Waals surface area contributed by atoms with E-state index in [0.29, 0.717) is 6.54 Å². The summed E-state index contributed by atoms with van der Waals surface area (Å²) < 4.78 is 1.95. The van der Waals surface area contributed by atoms with Gasteiger partial charge in [0.15, 0.2) is 0 Å². The van der Waals surface area contributed by atoms with Gasteiger partial charge in [-0.15, -0.1) is 0 Å². The van der Waals surface area contributed by atoms with Crippen LogP contribution in [0, 0.1) is 0 Å². The number of hydrogen-bond donors (Lipinski definition) is 1. The molecule has 0 radical (unpaired) electrons. The van der Waals surface area contributed by atoms with Gasteiger partial charge in [0.05, 0.1) is 6.33 Å². The minimum absolute atomic E-state index is 0.0312. The molecule has 0 atom stereocenters. The van der Waals surface area contributed by atoms with Crippen molar-refractivity contribution >= 4 is 11.5 Å². The topological polar surface area (TPSA) is 46.9 Å². The van der Waals surface area contributed by atoms with Gasteiger partial charge in [0.1, 0.15) is 0 Å². The van der Waals surface area contributed by atoms with Crippen LogP contribution in [0.4, 0.5) is 0 Å². The lowest BCUT2D eigenvalue weighted by atomic mass is 10.0. The summed E-state index contributed by atoms with van der Waals surface area (Å²) in [5, 5.41) is 2.83. The normalized spacial score (nSPS) is 15.1. The minimum Gasteiger partial charge on any atom is -0.348 e. The third-order valence-electron chi connectivity index (χ3n) is 3.24. The first-order chi connectivity index (χ1) is 8.75. The Morgan fingerprint density at radius 3 is 2.61 bits per heavy atom. The summed E-state index contributed by atoms with van der Waals surface area (Å²) in [6, 6.07) is 8.13. The van der Waals surface area contributed by atoms with Gasteiger partial charge in [0, 0.05) is 30.2 Å². The molecule has 1 aromatic heterocycles. The van der Waals surface area contributed by atoms with Crippen LogP contribution in [-0.4, -0.2) is 22.0 Å². The summed E-state index contributed by atoms with van der Waals surface area (Å²) in [5.74, 6) is 0.0312.